The second kappa shape index (κ2) is 9.57. The summed E-state index contributed by atoms with van der Waals surface area (Å²) in [7, 11) is 1.52. The molecule has 158 valence electrons. The van der Waals surface area contributed by atoms with E-state index >= 15 is 0 Å². The van der Waals surface area contributed by atoms with Crippen LogP contribution in [0.5, 0.6) is 0 Å². The third-order valence-electron chi connectivity index (χ3n) is 5.64. The van der Waals surface area contributed by atoms with Gasteiger partial charge in [0.2, 0.25) is 5.91 Å². The van der Waals surface area contributed by atoms with Crippen LogP contribution < -0.4 is 5.32 Å². The van der Waals surface area contributed by atoms with Crippen LogP contribution in [0.3, 0.4) is 0 Å². The highest BCUT2D eigenvalue weighted by Crippen LogP contribution is 2.42. The van der Waals surface area contributed by atoms with Crippen LogP contribution in [0.2, 0.25) is 0 Å². The molecule has 6 nitrogen and oxygen atoms in total. The molecule has 1 aliphatic rings. The Kier molecular flexibility index (Phi) is 6.87. The molecule has 30 heavy (non-hydrogen) atoms. The average molecular weight is 408 g/mol. The summed E-state index contributed by atoms with van der Waals surface area (Å²) in [6.45, 7) is 1.47. The lowest BCUT2D eigenvalue weighted by Gasteiger charge is -2.27. The van der Waals surface area contributed by atoms with E-state index in [4.69, 9.17) is 4.74 Å². The number of carbonyl (C=O) groups is 3. The molecule has 1 saturated carbocycles. The number of nitrogens with one attached hydrogen (secondary N) is 1. The van der Waals surface area contributed by atoms with Crippen LogP contribution in [0, 0.1) is 6.92 Å². The molecule has 0 unspecified atom stereocenters. The quantitative estimate of drug-likeness (QED) is 0.712. The van der Waals surface area contributed by atoms with Crippen LogP contribution in [-0.2, 0) is 24.5 Å². The smallest absolute Gasteiger partial charge is 0.317 e. The first-order chi connectivity index (χ1) is 14.4. The topological polar surface area (TPSA) is 75.7 Å². The number of esters is 1. The summed E-state index contributed by atoms with van der Waals surface area (Å²) < 4.78 is 5.42. The maximum Gasteiger partial charge on any atom is 0.317 e. The van der Waals surface area contributed by atoms with Crippen LogP contribution in [0.15, 0.2) is 54.6 Å². The van der Waals surface area contributed by atoms with Gasteiger partial charge in [0.25, 0.3) is 5.91 Å². The van der Waals surface area contributed by atoms with Gasteiger partial charge in [-0.05, 0) is 37.5 Å². The standard InChI is InChI=1S/C24H28N2O4/c1-18-10-12-20(13-11-18)25-21(27)16-26(2)22(28)17-30-23(29)24(14-6-7-15-24)19-8-4-3-5-9-19/h3-5,8-13H,6-7,14-17H2,1-2H3,(H,25,27). The Hall–Kier alpha value is -3.15. The molecule has 2 aromatic rings. The first-order valence-electron chi connectivity index (χ1n) is 10.2. The Bertz CT molecular complexity index is 887. The monoisotopic (exact) mass is 408 g/mol. The molecular weight excluding hydrogens is 380 g/mol. The third-order valence-corrected chi connectivity index (χ3v) is 5.64. The van der Waals surface area contributed by atoms with Crippen molar-refractivity contribution in [3.05, 3.63) is 65.7 Å². The largest absolute Gasteiger partial charge is 0.455 e. The molecule has 0 spiro atoms. The van der Waals surface area contributed by atoms with Crippen molar-refractivity contribution in [2.75, 3.05) is 25.5 Å². The van der Waals surface area contributed by atoms with Crippen molar-refractivity contribution in [1.29, 1.82) is 0 Å². The number of rotatable bonds is 7. The minimum atomic E-state index is -0.678. The molecule has 0 aromatic heterocycles. The van der Waals surface area contributed by atoms with Crippen LogP contribution in [0.1, 0.15) is 36.8 Å². The van der Waals surface area contributed by atoms with E-state index in [1.54, 1.807) is 0 Å². The highest BCUT2D eigenvalue weighted by Gasteiger charge is 2.44. The molecule has 6 heteroatoms. The predicted octanol–water partition coefficient (Wildman–Crippen LogP) is 3.45. The van der Waals surface area contributed by atoms with Gasteiger partial charge >= 0.3 is 5.97 Å². The summed E-state index contributed by atoms with van der Waals surface area (Å²) in [5.74, 6) is -1.08. The normalized spacial score (nSPS) is 14.7. The summed E-state index contributed by atoms with van der Waals surface area (Å²) in [6.07, 6.45) is 3.35. The van der Waals surface area contributed by atoms with Gasteiger partial charge in [0.05, 0.1) is 12.0 Å². The zero-order chi connectivity index (χ0) is 21.6. The molecular formula is C24H28N2O4. The van der Waals surface area contributed by atoms with Crippen LogP contribution in [0.25, 0.3) is 0 Å². The summed E-state index contributed by atoms with van der Waals surface area (Å²) >= 11 is 0. The van der Waals surface area contributed by atoms with E-state index in [9.17, 15) is 14.4 Å². The number of carbonyl (C=O) groups excluding carboxylic acids is 3. The second-order valence-electron chi connectivity index (χ2n) is 7.90. The molecule has 0 aliphatic heterocycles. The van der Waals surface area contributed by atoms with E-state index in [0.29, 0.717) is 5.69 Å². The van der Waals surface area contributed by atoms with Gasteiger partial charge in [-0.1, -0.05) is 60.9 Å². The molecule has 0 radical (unpaired) electrons. The number of hydrogen-bond donors (Lipinski definition) is 1. The van der Waals surface area contributed by atoms with Gasteiger partial charge < -0.3 is 15.0 Å². The maximum absolute atomic E-state index is 12.9. The Morgan fingerprint density at radius 3 is 2.27 bits per heavy atom. The first kappa shape index (κ1) is 21.6. The summed E-state index contributed by atoms with van der Waals surface area (Å²) in [6, 6.07) is 17.0. The number of benzene rings is 2. The van der Waals surface area contributed by atoms with Crippen LogP contribution >= 0.6 is 0 Å². The second-order valence-corrected chi connectivity index (χ2v) is 7.90. The molecule has 1 fully saturated rings. The molecule has 2 aromatic carbocycles. The Morgan fingerprint density at radius 1 is 1.00 bits per heavy atom. The van der Waals surface area contributed by atoms with Crippen LogP contribution in [-0.4, -0.2) is 42.9 Å². The fourth-order valence-electron chi connectivity index (χ4n) is 3.86. The fourth-order valence-corrected chi connectivity index (χ4v) is 3.86. The summed E-state index contributed by atoms with van der Waals surface area (Å²) in [5, 5.41) is 2.75. The van der Waals surface area contributed by atoms with Crippen molar-refractivity contribution in [1.82, 2.24) is 4.90 Å². The summed E-state index contributed by atoms with van der Waals surface area (Å²) in [4.78, 5) is 38.8. The number of nitrogens with zero attached hydrogens (tertiary/aromatic N) is 1. The molecule has 0 heterocycles. The first-order valence-corrected chi connectivity index (χ1v) is 10.2. The lowest BCUT2D eigenvalue weighted by molar-refractivity contribution is -0.156. The van der Waals surface area contributed by atoms with Crippen molar-refractivity contribution >= 4 is 23.5 Å². The van der Waals surface area contributed by atoms with E-state index in [2.05, 4.69) is 5.32 Å². The predicted molar refractivity (Wildman–Crippen MR) is 115 cm³/mol. The van der Waals surface area contributed by atoms with E-state index in [1.165, 1.54) is 11.9 Å². The zero-order valence-corrected chi connectivity index (χ0v) is 17.5. The highest BCUT2D eigenvalue weighted by atomic mass is 16.5. The third kappa shape index (κ3) is 5.06. The maximum atomic E-state index is 12.9. The molecule has 1 N–H and O–H groups in total. The molecule has 0 bridgehead atoms. The van der Waals surface area contributed by atoms with Gasteiger partial charge in [0.15, 0.2) is 6.61 Å². The number of aryl methyl sites for hydroxylation is 1. The number of amides is 2. The SMILES string of the molecule is Cc1ccc(NC(=O)CN(C)C(=O)COC(=O)C2(c3ccccc3)CCCC2)cc1. The number of likely N-dealkylation sites (N-methyl/N-ethyl adjacent to an activating group) is 1. The van der Waals surface area contributed by atoms with Gasteiger partial charge in [-0.3, -0.25) is 14.4 Å². The molecule has 3 rings (SSSR count). The van der Waals surface area contributed by atoms with Crippen molar-refractivity contribution in [2.24, 2.45) is 0 Å². The van der Waals surface area contributed by atoms with E-state index in [1.807, 2.05) is 61.5 Å². The van der Waals surface area contributed by atoms with Crippen molar-refractivity contribution in [3.63, 3.8) is 0 Å². The average Bonchev–Trinajstić information content (AvgIpc) is 3.25. The lowest BCUT2D eigenvalue weighted by atomic mass is 9.79. The molecule has 0 atom stereocenters. The highest BCUT2D eigenvalue weighted by molar-refractivity contribution is 5.95. The van der Waals surface area contributed by atoms with Gasteiger partial charge in [-0.25, -0.2) is 0 Å². The van der Waals surface area contributed by atoms with Gasteiger partial charge in [0, 0.05) is 12.7 Å². The molecule has 1 aliphatic carbocycles. The van der Waals surface area contributed by atoms with E-state index in [0.717, 1.165) is 36.8 Å². The number of ether oxygens (including phenoxy) is 1. The Balaban J connectivity index is 1.53. The van der Waals surface area contributed by atoms with Gasteiger partial charge in [-0.2, -0.15) is 0 Å². The Morgan fingerprint density at radius 2 is 1.63 bits per heavy atom. The lowest BCUT2D eigenvalue weighted by Crippen LogP contribution is -2.40. The van der Waals surface area contributed by atoms with Crippen molar-refractivity contribution in [2.45, 2.75) is 38.0 Å². The fraction of sp³-hybridized carbons (Fsp3) is 0.375. The molecule has 0 saturated heterocycles. The number of anilines is 1. The number of hydrogen-bond acceptors (Lipinski definition) is 4. The van der Waals surface area contributed by atoms with E-state index < -0.39 is 11.3 Å². The minimum absolute atomic E-state index is 0.117. The van der Waals surface area contributed by atoms with Crippen molar-refractivity contribution < 1.29 is 19.1 Å². The van der Waals surface area contributed by atoms with E-state index in [-0.39, 0.29) is 25.0 Å². The van der Waals surface area contributed by atoms with Gasteiger partial charge in [0.1, 0.15) is 0 Å². The summed E-state index contributed by atoms with van der Waals surface area (Å²) in [5.41, 5.74) is 2.02. The van der Waals surface area contributed by atoms with Crippen molar-refractivity contribution in [3.8, 4) is 0 Å². The van der Waals surface area contributed by atoms with Gasteiger partial charge in [-0.15, -0.1) is 0 Å². The molecule has 2 amide bonds. The van der Waals surface area contributed by atoms with Crippen LogP contribution in [0.4, 0.5) is 5.69 Å². The zero-order valence-electron chi connectivity index (χ0n) is 17.5. The Labute approximate surface area is 177 Å². The minimum Gasteiger partial charge on any atom is -0.455 e.